The molecule has 4 amide bonds. The quantitative estimate of drug-likeness (QED) is 0.175. The third-order valence-electron chi connectivity index (χ3n) is 7.77. The number of hydrogen-bond donors (Lipinski definition) is 5. The first-order valence-corrected chi connectivity index (χ1v) is 16.3. The van der Waals surface area contributed by atoms with Crippen molar-refractivity contribution in [2.45, 2.75) is 112 Å². The Hall–Kier alpha value is -3.72. The van der Waals surface area contributed by atoms with Crippen LogP contribution in [0.5, 0.6) is 0 Å². The van der Waals surface area contributed by atoms with Crippen LogP contribution in [0.1, 0.15) is 84.4 Å². The van der Waals surface area contributed by atoms with E-state index in [4.69, 9.17) is 5.73 Å². The number of rotatable bonds is 17. The van der Waals surface area contributed by atoms with Gasteiger partial charge in [-0.1, -0.05) is 97.0 Å². The van der Waals surface area contributed by atoms with Gasteiger partial charge in [-0.05, 0) is 60.6 Å². The highest BCUT2D eigenvalue weighted by Crippen LogP contribution is 2.22. The Labute approximate surface area is 269 Å². The standard InChI is InChI=1S/C36H55N5O4/c1-9-27-17-13-14-25(8)34(27)40-32(43)21-28(37)29(20-26-15-11-10-12-16-26)39-36(45)33(24(6)7)41-35(44)30(18-22(2)3)38-31(42)19-23(4)5/h10-17,22-24,28-30,33H,9,18-21,37H2,1-8H3,(H,38,42)(H,39,45)(H,40,43)(H,41,44)/t28-,29-,30-,33-/m0/s1. The highest BCUT2D eigenvalue weighted by molar-refractivity contribution is 5.94. The Morgan fingerprint density at radius 2 is 1.42 bits per heavy atom. The lowest BCUT2D eigenvalue weighted by atomic mass is 9.95. The molecule has 9 heteroatoms. The maximum Gasteiger partial charge on any atom is 0.243 e. The molecule has 2 aromatic carbocycles. The molecule has 0 aliphatic heterocycles. The maximum atomic E-state index is 13.8. The molecule has 45 heavy (non-hydrogen) atoms. The number of aryl methyl sites for hydroxylation is 2. The topological polar surface area (TPSA) is 142 Å². The monoisotopic (exact) mass is 621 g/mol. The molecule has 0 radical (unpaired) electrons. The van der Waals surface area contributed by atoms with E-state index in [2.05, 4.69) is 21.3 Å². The molecule has 0 fully saturated rings. The van der Waals surface area contributed by atoms with E-state index in [1.54, 1.807) is 0 Å². The largest absolute Gasteiger partial charge is 0.350 e. The highest BCUT2D eigenvalue weighted by atomic mass is 16.2. The summed E-state index contributed by atoms with van der Waals surface area (Å²) in [5, 5.41) is 11.8. The third-order valence-corrected chi connectivity index (χ3v) is 7.77. The molecule has 9 nitrogen and oxygen atoms in total. The van der Waals surface area contributed by atoms with E-state index in [-0.39, 0.29) is 41.9 Å². The number of anilines is 1. The average molecular weight is 622 g/mol. The second-order valence-electron chi connectivity index (χ2n) is 13.3. The molecule has 0 saturated carbocycles. The van der Waals surface area contributed by atoms with Crippen molar-refractivity contribution in [3.8, 4) is 0 Å². The van der Waals surface area contributed by atoms with Crippen LogP contribution in [0.25, 0.3) is 0 Å². The number of benzene rings is 2. The van der Waals surface area contributed by atoms with Crippen LogP contribution in [0, 0.1) is 24.7 Å². The summed E-state index contributed by atoms with van der Waals surface area (Å²) >= 11 is 0. The zero-order valence-electron chi connectivity index (χ0n) is 28.4. The zero-order valence-corrected chi connectivity index (χ0v) is 28.4. The SMILES string of the molecule is CCc1cccc(C)c1NC(=O)C[C@H](N)[C@H](Cc1ccccc1)NC(=O)[C@@H](NC(=O)[C@H](CC(C)C)NC(=O)CC(C)C)C(C)C. The van der Waals surface area contributed by atoms with E-state index in [1.165, 1.54) is 0 Å². The second-order valence-corrected chi connectivity index (χ2v) is 13.3. The summed E-state index contributed by atoms with van der Waals surface area (Å²) in [6, 6.07) is 12.6. The molecule has 0 heterocycles. The van der Waals surface area contributed by atoms with E-state index in [1.807, 2.05) is 104 Å². The van der Waals surface area contributed by atoms with Crippen LogP contribution in [0.4, 0.5) is 5.69 Å². The molecule has 2 aromatic rings. The van der Waals surface area contributed by atoms with Gasteiger partial charge in [-0.3, -0.25) is 19.2 Å². The second kappa shape index (κ2) is 18.3. The van der Waals surface area contributed by atoms with Gasteiger partial charge in [0, 0.05) is 30.6 Å². The molecule has 0 aromatic heterocycles. The Balaban J connectivity index is 2.24. The number of nitrogens with two attached hydrogens (primary N) is 1. The van der Waals surface area contributed by atoms with E-state index in [9.17, 15) is 19.2 Å². The van der Waals surface area contributed by atoms with E-state index in [0.717, 1.165) is 28.8 Å². The van der Waals surface area contributed by atoms with Crippen LogP contribution in [0.2, 0.25) is 0 Å². The van der Waals surface area contributed by atoms with Gasteiger partial charge in [0.2, 0.25) is 23.6 Å². The van der Waals surface area contributed by atoms with E-state index < -0.39 is 30.1 Å². The Bertz CT molecular complexity index is 1260. The van der Waals surface area contributed by atoms with Crippen LogP contribution < -0.4 is 27.0 Å². The Morgan fingerprint density at radius 3 is 2.00 bits per heavy atom. The number of amides is 4. The molecule has 248 valence electrons. The summed E-state index contributed by atoms with van der Waals surface area (Å²) in [4.78, 5) is 53.0. The van der Waals surface area contributed by atoms with Crippen molar-refractivity contribution in [2.75, 3.05) is 5.32 Å². The fourth-order valence-electron chi connectivity index (χ4n) is 5.31. The predicted octanol–water partition coefficient (Wildman–Crippen LogP) is 4.66. The number of nitrogens with one attached hydrogen (secondary N) is 4. The summed E-state index contributed by atoms with van der Waals surface area (Å²) < 4.78 is 0. The van der Waals surface area contributed by atoms with Crippen LogP contribution in [-0.2, 0) is 32.0 Å². The molecule has 2 rings (SSSR count). The molecular weight excluding hydrogens is 566 g/mol. The van der Waals surface area contributed by atoms with E-state index >= 15 is 0 Å². The van der Waals surface area contributed by atoms with Gasteiger partial charge in [-0.25, -0.2) is 0 Å². The fraction of sp³-hybridized carbons (Fsp3) is 0.556. The molecule has 0 aliphatic carbocycles. The van der Waals surface area contributed by atoms with Crippen LogP contribution >= 0.6 is 0 Å². The predicted molar refractivity (Wildman–Crippen MR) is 181 cm³/mol. The summed E-state index contributed by atoms with van der Waals surface area (Å²) in [6.07, 6.45) is 1.93. The lowest BCUT2D eigenvalue weighted by molar-refractivity contribution is -0.133. The number of carbonyl (C=O) groups excluding carboxylic acids is 4. The van der Waals surface area contributed by atoms with Crippen molar-refractivity contribution >= 4 is 29.3 Å². The van der Waals surface area contributed by atoms with Crippen molar-refractivity contribution in [1.82, 2.24) is 16.0 Å². The summed E-state index contributed by atoms with van der Waals surface area (Å²) in [5.74, 6) is -1.16. The Morgan fingerprint density at radius 1 is 0.756 bits per heavy atom. The minimum absolute atomic E-state index is 0.00762. The minimum Gasteiger partial charge on any atom is -0.350 e. The summed E-state index contributed by atoms with van der Waals surface area (Å²) in [6.45, 7) is 15.6. The lowest BCUT2D eigenvalue weighted by Gasteiger charge is -2.30. The van der Waals surface area contributed by atoms with Crippen LogP contribution in [-0.4, -0.2) is 47.8 Å². The van der Waals surface area contributed by atoms with Crippen molar-refractivity contribution in [2.24, 2.45) is 23.5 Å². The maximum absolute atomic E-state index is 13.8. The lowest BCUT2D eigenvalue weighted by Crippen LogP contribution is -2.59. The van der Waals surface area contributed by atoms with Crippen molar-refractivity contribution in [3.63, 3.8) is 0 Å². The van der Waals surface area contributed by atoms with Gasteiger partial charge in [0.1, 0.15) is 12.1 Å². The van der Waals surface area contributed by atoms with Gasteiger partial charge in [0.05, 0.1) is 0 Å². The highest BCUT2D eigenvalue weighted by Gasteiger charge is 2.32. The molecule has 6 N–H and O–H groups in total. The van der Waals surface area contributed by atoms with Gasteiger partial charge >= 0.3 is 0 Å². The summed E-state index contributed by atoms with van der Waals surface area (Å²) in [5.41, 5.74) is 10.4. The molecule has 0 bridgehead atoms. The van der Waals surface area contributed by atoms with Crippen molar-refractivity contribution < 1.29 is 19.2 Å². The van der Waals surface area contributed by atoms with Crippen LogP contribution in [0.15, 0.2) is 48.5 Å². The van der Waals surface area contributed by atoms with Gasteiger partial charge in [0.15, 0.2) is 0 Å². The molecule has 0 saturated heterocycles. The normalized spacial score (nSPS) is 14.0. The molecule has 0 unspecified atom stereocenters. The number of para-hydroxylation sites is 1. The first-order chi connectivity index (χ1) is 21.2. The molecular formula is C36H55N5O4. The first-order valence-electron chi connectivity index (χ1n) is 16.3. The summed E-state index contributed by atoms with van der Waals surface area (Å²) in [7, 11) is 0. The van der Waals surface area contributed by atoms with Gasteiger partial charge in [-0.2, -0.15) is 0 Å². The molecule has 0 spiro atoms. The third kappa shape index (κ3) is 12.7. The van der Waals surface area contributed by atoms with Crippen molar-refractivity contribution in [1.29, 1.82) is 0 Å². The first kappa shape index (κ1) is 37.5. The zero-order chi connectivity index (χ0) is 33.7. The average Bonchev–Trinajstić information content (AvgIpc) is 2.95. The van der Waals surface area contributed by atoms with Gasteiger partial charge in [-0.15, -0.1) is 0 Å². The smallest absolute Gasteiger partial charge is 0.243 e. The number of carbonyl (C=O) groups is 4. The Kier molecular flexibility index (Phi) is 15.2. The molecule has 4 atom stereocenters. The minimum atomic E-state index is -0.868. The molecule has 0 aliphatic rings. The number of hydrogen-bond acceptors (Lipinski definition) is 5. The van der Waals surface area contributed by atoms with Crippen LogP contribution in [0.3, 0.4) is 0 Å². The fourth-order valence-corrected chi connectivity index (χ4v) is 5.31. The van der Waals surface area contributed by atoms with Crippen molar-refractivity contribution in [3.05, 3.63) is 65.2 Å². The van der Waals surface area contributed by atoms with E-state index in [0.29, 0.717) is 19.3 Å². The van der Waals surface area contributed by atoms with Gasteiger partial charge in [0.25, 0.3) is 0 Å². The van der Waals surface area contributed by atoms with Gasteiger partial charge < -0.3 is 27.0 Å².